The quantitative estimate of drug-likeness (QED) is 0.839. The number of nitrogens with zero attached hydrogens (tertiary/aromatic N) is 1. The van der Waals surface area contributed by atoms with Crippen LogP contribution in [0.1, 0.15) is 25.5 Å². The molecule has 0 saturated heterocycles. The van der Waals surface area contributed by atoms with Crippen molar-refractivity contribution >= 4 is 15.7 Å². The van der Waals surface area contributed by atoms with E-state index in [1.54, 1.807) is 12.1 Å². The third-order valence-corrected chi connectivity index (χ3v) is 5.85. The second-order valence-corrected chi connectivity index (χ2v) is 7.43. The van der Waals surface area contributed by atoms with Crippen LogP contribution >= 0.6 is 0 Å². The summed E-state index contributed by atoms with van der Waals surface area (Å²) in [6, 6.07) is 5.26. The number of halogens is 1. The first kappa shape index (κ1) is 13.0. The molecule has 0 radical (unpaired) electrons. The van der Waals surface area contributed by atoms with Gasteiger partial charge in [0.05, 0.1) is 11.8 Å². The van der Waals surface area contributed by atoms with Gasteiger partial charge in [-0.3, -0.25) is 4.99 Å². The Labute approximate surface area is 106 Å². The average molecular weight is 270 g/mol. The summed E-state index contributed by atoms with van der Waals surface area (Å²) in [6.07, 6.45) is 0. The van der Waals surface area contributed by atoms with Gasteiger partial charge in [-0.15, -0.1) is 0 Å². The van der Waals surface area contributed by atoms with Gasteiger partial charge in [-0.25, -0.2) is 12.8 Å². The van der Waals surface area contributed by atoms with E-state index in [-0.39, 0.29) is 17.2 Å². The highest BCUT2D eigenvalue weighted by Gasteiger charge is 2.44. The maximum Gasteiger partial charge on any atom is 0.165 e. The van der Waals surface area contributed by atoms with Crippen molar-refractivity contribution in [1.29, 1.82) is 0 Å². The highest BCUT2D eigenvalue weighted by Crippen LogP contribution is 2.32. The van der Waals surface area contributed by atoms with Crippen molar-refractivity contribution in [1.82, 2.24) is 0 Å². The van der Waals surface area contributed by atoms with Crippen LogP contribution in [0.4, 0.5) is 4.39 Å². The first-order valence-corrected chi connectivity index (χ1v) is 7.21. The lowest BCUT2D eigenvalue weighted by atomic mass is 10.1. The van der Waals surface area contributed by atoms with E-state index >= 15 is 0 Å². The van der Waals surface area contributed by atoms with Gasteiger partial charge in [0.1, 0.15) is 16.4 Å². The Morgan fingerprint density at radius 1 is 1.39 bits per heavy atom. The molecule has 1 aliphatic rings. The van der Waals surface area contributed by atoms with E-state index in [1.807, 2.05) is 0 Å². The fourth-order valence-electron chi connectivity index (χ4n) is 1.84. The minimum absolute atomic E-state index is 0.0296. The Morgan fingerprint density at radius 2 is 2.00 bits per heavy atom. The van der Waals surface area contributed by atoms with Crippen LogP contribution in [0, 0.1) is 5.82 Å². The zero-order valence-electron chi connectivity index (χ0n) is 10.2. The Kier molecular flexibility index (Phi) is 2.93. The monoisotopic (exact) mass is 270 g/mol. The number of nitrogens with two attached hydrogens (primary N) is 1. The van der Waals surface area contributed by atoms with Crippen molar-refractivity contribution in [2.45, 2.75) is 24.6 Å². The van der Waals surface area contributed by atoms with E-state index in [0.717, 1.165) is 0 Å². The van der Waals surface area contributed by atoms with Crippen LogP contribution in [0.5, 0.6) is 0 Å². The zero-order valence-corrected chi connectivity index (χ0v) is 11.0. The third-order valence-electron chi connectivity index (χ3n) is 3.33. The molecule has 0 saturated carbocycles. The topological polar surface area (TPSA) is 72.5 Å². The molecule has 0 bridgehead atoms. The molecule has 0 spiro atoms. The predicted octanol–water partition coefficient (Wildman–Crippen LogP) is 1.43. The van der Waals surface area contributed by atoms with Gasteiger partial charge in [-0.1, -0.05) is 18.2 Å². The smallest absolute Gasteiger partial charge is 0.165 e. The fraction of sp³-hybridized carbons (Fsp3) is 0.417. The third kappa shape index (κ3) is 1.90. The summed E-state index contributed by atoms with van der Waals surface area (Å²) >= 11 is 0. The molecule has 18 heavy (non-hydrogen) atoms. The number of amidine groups is 1. The number of hydrogen-bond donors (Lipinski definition) is 1. The maximum atomic E-state index is 13.6. The second kappa shape index (κ2) is 4.05. The predicted molar refractivity (Wildman–Crippen MR) is 68.6 cm³/mol. The van der Waals surface area contributed by atoms with Crippen molar-refractivity contribution in [2.24, 2.45) is 10.7 Å². The van der Waals surface area contributed by atoms with Crippen LogP contribution < -0.4 is 5.73 Å². The van der Waals surface area contributed by atoms with Gasteiger partial charge in [-0.2, -0.15) is 0 Å². The number of benzene rings is 1. The molecule has 0 aromatic heterocycles. The van der Waals surface area contributed by atoms with Gasteiger partial charge in [0.2, 0.25) is 0 Å². The van der Waals surface area contributed by atoms with Gasteiger partial charge < -0.3 is 5.73 Å². The molecule has 0 unspecified atom stereocenters. The number of hydrogen-bond acceptors (Lipinski definition) is 4. The summed E-state index contributed by atoms with van der Waals surface area (Å²) in [5, 5.41) is 0. The zero-order chi connectivity index (χ0) is 13.6. The molecule has 0 aliphatic carbocycles. The van der Waals surface area contributed by atoms with Crippen molar-refractivity contribution in [2.75, 3.05) is 5.75 Å². The van der Waals surface area contributed by atoms with Crippen LogP contribution in [-0.4, -0.2) is 24.8 Å². The van der Waals surface area contributed by atoms with E-state index in [0.29, 0.717) is 0 Å². The minimum Gasteiger partial charge on any atom is -0.386 e. The van der Waals surface area contributed by atoms with Crippen molar-refractivity contribution in [3.8, 4) is 0 Å². The molecule has 2 N–H and O–H groups in total. The molecule has 4 nitrogen and oxygen atoms in total. The Morgan fingerprint density at radius 3 is 2.56 bits per heavy atom. The van der Waals surface area contributed by atoms with Crippen molar-refractivity contribution in [3.05, 3.63) is 35.6 Å². The molecule has 1 aromatic carbocycles. The van der Waals surface area contributed by atoms with Crippen LogP contribution in [0.25, 0.3) is 0 Å². The van der Waals surface area contributed by atoms with Crippen LogP contribution in [-0.2, 0) is 9.84 Å². The van der Waals surface area contributed by atoms with Crippen molar-refractivity contribution < 1.29 is 12.8 Å². The summed E-state index contributed by atoms with van der Waals surface area (Å²) in [7, 11) is -3.45. The lowest BCUT2D eigenvalue weighted by Crippen LogP contribution is -2.50. The van der Waals surface area contributed by atoms with Crippen LogP contribution in [0.3, 0.4) is 0 Å². The van der Waals surface area contributed by atoms with Crippen molar-refractivity contribution in [3.63, 3.8) is 0 Å². The van der Waals surface area contributed by atoms with Gasteiger partial charge >= 0.3 is 0 Å². The molecule has 1 atom stereocenters. The van der Waals surface area contributed by atoms with Gasteiger partial charge in [0.15, 0.2) is 9.84 Å². The summed E-state index contributed by atoms with van der Waals surface area (Å²) in [5.41, 5.74) is 5.98. The highest BCUT2D eigenvalue weighted by molar-refractivity contribution is 7.93. The van der Waals surface area contributed by atoms with E-state index < -0.39 is 26.4 Å². The van der Waals surface area contributed by atoms with Gasteiger partial charge in [-0.05, 0) is 19.9 Å². The summed E-state index contributed by atoms with van der Waals surface area (Å²) in [6.45, 7) is 3.03. The average Bonchev–Trinajstić information content (AvgIpc) is 2.26. The Balaban J connectivity index is 2.52. The lowest BCUT2D eigenvalue weighted by molar-refractivity contribution is 0.551. The van der Waals surface area contributed by atoms with E-state index in [4.69, 9.17) is 5.73 Å². The molecule has 1 aliphatic heterocycles. The van der Waals surface area contributed by atoms with E-state index in [2.05, 4.69) is 4.99 Å². The molecule has 98 valence electrons. The molecular formula is C12H15FN2O2S. The van der Waals surface area contributed by atoms with Crippen LogP contribution in [0.15, 0.2) is 29.3 Å². The summed E-state index contributed by atoms with van der Waals surface area (Å²) in [5.74, 6) is -0.655. The number of aliphatic imine (C=N–C) groups is 1. The summed E-state index contributed by atoms with van der Waals surface area (Å²) in [4.78, 5) is 4.14. The number of sulfone groups is 1. The molecule has 0 fully saturated rings. The first-order chi connectivity index (χ1) is 8.25. The molecule has 6 heteroatoms. The largest absolute Gasteiger partial charge is 0.386 e. The lowest BCUT2D eigenvalue weighted by Gasteiger charge is -2.31. The standard InChI is InChI=1S/C12H15FN2O2S/c1-12(2)11(14)15-10(7-18(12,16)17)8-5-3-4-6-9(8)13/h3-6,10H,7H2,1-2H3,(H2,14,15)/t10-/m0/s1. The summed E-state index contributed by atoms with van der Waals surface area (Å²) < 4.78 is 36.7. The maximum absolute atomic E-state index is 13.6. The highest BCUT2D eigenvalue weighted by atomic mass is 32.2. The minimum atomic E-state index is -3.45. The van der Waals surface area contributed by atoms with E-state index in [1.165, 1.54) is 26.0 Å². The SMILES string of the molecule is CC1(C)C(N)=N[C@H](c2ccccc2F)CS1(=O)=O. The van der Waals surface area contributed by atoms with E-state index in [9.17, 15) is 12.8 Å². The number of rotatable bonds is 1. The molecule has 2 rings (SSSR count). The van der Waals surface area contributed by atoms with Crippen LogP contribution in [0.2, 0.25) is 0 Å². The fourth-order valence-corrected chi connectivity index (χ4v) is 3.30. The van der Waals surface area contributed by atoms with Gasteiger partial charge in [0, 0.05) is 5.56 Å². The molecule has 1 heterocycles. The Hall–Kier alpha value is -1.43. The molecular weight excluding hydrogens is 255 g/mol. The second-order valence-electron chi connectivity index (χ2n) is 4.84. The Bertz CT molecular complexity index is 608. The molecule has 0 amide bonds. The molecule has 1 aromatic rings. The first-order valence-electron chi connectivity index (χ1n) is 5.56. The normalized spacial score (nSPS) is 25.5. The van der Waals surface area contributed by atoms with Gasteiger partial charge in [0.25, 0.3) is 0 Å².